The Morgan fingerprint density at radius 1 is 1.41 bits per heavy atom. The van der Waals surface area contributed by atoms with Crippen molar-refractivity contribution in [3.63, 3.8) is 0 Å². The van der Waals surface area contributed by atoms with Crippen LogP contribution in [0.1, 0.15) is 33.1 Å². The zero-order chi connectivity index (χ0) is 12.8. The first-order valence-corrected chi connectivity index (χ1v) is 6.45. The maximum Gasteiger partial charge on any atom is 0.246 e. The number of halogens is 1. The van der Waals surface area contributed by atoms with Gasteiger partial charge in [0.25, 0.3) is 0 Å². The molecule has 1 aliphatic heterocycles. The molecule has 0 aliphatic carbocycles. The van der Waals surface area contributed by atoms with Gasteiger partial charge in [-0.05, 0) is 12.8 Å². The summed E-state index contributed by atoms with van der Waals surface area (Å²) >= 11 is 5.48. The SMILES string of the molecule is CCCC1C(=O)NC(CC)C(=O)N1C/C=C/Cl. The number of carbonyl (C=O) groups excluding carboxylic acids is 2. The van der Waals surface area contributed by atoms with Crippen molar-refractivity contribution < 1.29 is 9.59 Å². The zero-order valence-electron chi connectivity index (χ0n) is 10.3. The summed E-state index contributed by atoms with van der Waals surface area (Å²) < 4.78 is 0. The maximum absolute atomic E-state index is 12.1. The van der Waals surface area contributed by atoms with Crippen molar-refractivity contribution in [3.8, 4) is 0 Å². The van der Waals surface area contributed by atoms with E-state index in [2.05, 4.69) is 5.32 Å². The summed E-state index contributed by atoms with van der Waals surface area (Å²) in [6.45, 7) is 4.29. The summed E-state index contributed by atoms with van der Waals surface area (Å²) in [6.07, 6.45) is 3.85. The van der Waals surface area contributed by atoms with E-state index in [4.69, 9.17) is 11.6 Å². The monoisotopic (exact) mass is 258 g/mol. The van der Waals surface area contributed by atoms with E-state index in [0.29, 0.717) is 19.4 Å². The van der Waals surface area contributed by atoms with Crippen molar-refractivity contribution in [1.82, 2.24) is 10.2 Å². The standard InChI is InChI=1S/C12H19ClN2O2/c1-3-6-10-11(16)14-9(4-2)12(17)15(10)8-5-7-13/h5,7,9-10H,3-4,6,8H2,1-2H3,(H,14,16)/b7-5+. The molecule has 1 aliphatic rings. The fraction of sp³-hybridized carbons (Fsp3) is 0.667. The third-order valence-electron chi connectivity index (χ3n) is 2.94. The lowest BCUT2D eigenvalue weighted by Crippen LogP contribution is -2.63. The lowest BCUT2D eigenvalue weighted by atomic mass is 10.0. The van der Waals surface area contributed by atoms with Crippen LogP contribution in [0.25, 0.3) is 0 Å². The van der Waals surface area contributed by atoms with Crippen LogP contribution in [-0.4, -0.2) is 35.3 Å². The second kappa shape index (κ2) is 6.64. The molecule has 0 bridgehead atoms. The molecule has 2 amide bonds. The summed E-state index contributed by atoms with van der Waals surface area (Å²) in [6, 6.07) is -0.748. The van der Waals surface area contributed by atoms with Gasteiger partial charge in [-0.2, -0.15) is 0 Å². The van der Waals surface area contributed by atoms with Crippen LogP contribution in [0.5, 0.6) is 0 Å². The summed E-state index contributed by atoms with van der Waals surface area (Å²) in [5.41, 5.74) is 1.38. The summed E-state index contributed by atoms with van der Waals surface area (Å²) in [7, 11) is 0. The molecule has 4 nitrogen and oxygen atoms in total. The highest BCUT2D eigenvalue weighted by atomic mass is 35.5. The van der Waals surface area contributed by atoms with Crippen LogP contribution in [0.4, 0.5) is 0 Å². The van der Waals surface area contributed by atoms with Gasteiger partial charge in [-0.15, -0.1) is 0 Å². The normalized spacial score (nSPS) is 25.5. The molecule has 0 spiro atoms. The highest BCUT2D eigenvalue weighted by molar-refractivity contribution is 6.25. The molecule has 2 unspecified atom stereocenters. The number of hydrogen-bond acceptors (Lipinski definition) is 2. The van der Waals surface area contributed by atoms with Crippen molar-refractivity contribution in [2.45, 2.75) is 45.2 Å². The fourth-order valence-corrected chi connectivity index (χ4v) is 2.11. The van der Waals surface area contributed by atoms with Gasteiger partial charge in [-0.1, -0.05) is 37.9 Å². The van der Waals surface area contributed by atoms with E-state index in [9.17, 15) is 9.59 Å². The summed E-state index contributed by atoms with van der Waals surface area (Å²) in [4.78, 5) is 25.7. The Balaban J connectivity index is 2.86. The van der Waals surface area contributed by atoms with E-state index in [0.717, 1.165) is 6.42 Å². The highest BCUT2D eigenvalue weighted by Gasteiger charge is 2.38. The Morgan fingerprint density at radius 2 is 2.12 bits per heavy atom. The van der Waals surface area contributed by atoms with Gasteiger partial charge in [-0.25, -0.2) is 0 Å². The Bertz CT molecular complexity index is 318. The van der Waals surface area contributed by atoms with Crippen molar-refractivity contribution >= 4 is 23.4 Å². The smallest absolute Gasteiger partial charge is 0.246 e. The van der Waals surface area contributed by atoms with Crippen LogP contribution >= 0.6 is 11.6 Å². The average Bonchev–Trinajstić information content (AvgIpc) is 2.33. The first-order chi connectivity index (χ1) is 8.15. The molecule has 1 N–H and O–H groups in total. The average molecular weight is 259 g/mol. The van der Waals surface area contributed by atoms with E-state index < -0.39 is 0 Å². The predicted molar refractivity (Wildman–Crippen MR) is 67.6 cm³/mol. The number of rotatable bonds is 5. The Morgan fingerprint density at radius 3 is 2.65 bits per heavy atom. The molecule has 96 valence electrons. The number of carbonyl (C=O) groups is 2. The number of piperazine rings is 1. The maximum atomic E-state index is 12.1. The van der Waals surface area contributed by atoms with Gasteiger partial charge >= 0.3 is 0 Å². The number of nitrogens with zero attached hydrogens (tertiary/aromatic N) is 1. The van der Waals surface area contributed by atoms with Gasteiger partial charge in [0.2, 0.25) is 11.8 Å². The van der Waals surface area contributed by atoms with Crippen LogP contribution in [0, 0.1) is 0 Å². The van der Waals surface area contributed by atoms with Crippen molar-refractivity contribution in [2.24, 2.45) is 0 Å². The topological polar surface area (TPSA) is 49.4 Å². The number of nitrogens with one attached hydrogen (secondary N) is 1. The molecule has 0 saturated carbocycles. The van der Waals surface area contributed by atoms with E-state index in [-0.39, 0.29) is 23.9 Å². The van der Waals surface area contributed by atoms with Gasteiger partial charge in [0.15, 0.2) is 0 Å². The van der Waals surface area contributed by atoms with E-state index in [1.807, 2.05) is 13.8 Å². The first kappa shape index (κ1) is 14.0. The van der Waals surface area contributed by atoms with Crippen molar-refractivity contribution in [2.75, 3.05) is 6.54 Å². The number of hydrogen-bond donors (Lipinski definition) is 1. The molecule has 17 heavy (non-hydrogen) atoms. The molecule has 5 heteroatoms. The summed E-state index contributed by atoms with van der Waals surface area (Å²) in [5, 5.41) is 2.77. The second-order valence-corrected chi connectivity index (χ2v) is 4.38. The Kier molecular flexibility index (Phi) is 5.48. The third-order valence-corrected chi connectivity index (χ3v) is 3.12. The molecular formula is C12H19ClN2O2. The molecule has 1 saturated heterocycles. The molecule has 0 radical (unpaired) electrons. The van der Waals surface area contributed by atoms with Crippen LogP contribution in [0.2, 0.25) is 0 Å². The minimum atomic E-state index is -0.390. The largest absolute Gasteiger partial charge is 0.343 e. The predicted octanol–water partition coefficient (Wildman–Crippen LogP) is 1.64. The molecule has 2 atom stereocenters. The molecule has 1 fully saturated rings. The van der Waals surface area contributed by atoms with Gasteiger partial charge in [0, 0.05) is 12.1 Å². The zero-order valence-corrected chi connectivity index (χ0v) is 11.0. The van der Waals surface area contributed by atoms with E-state index in [1.165, 1.54) is 5.54 Å². The lowest BCUT2D eigenvalue weighted by molar-refractivity contribution is -0.149. The van der Waals surface area contributed by atoms with Crippen molar-refractivity contribution in [3.05, 3.63) is 11.6 Å². The molecule has 1 rings (SSSR count). The van der Waals surface area contributed by atoms with E-state index in [1.54, 1.807) is 11.0 Å². The Labute approximate surface area is 107 Å². The van der Waals surface area contributed by atoms with Crippen LogP contribution in [-0.2, 0) is 9.59 Å². The number of amides is 2. The van der Waals surface area contributed by atoms with Gasteiger partial charge in [-0.3, -0.25) is 9.59 Å². The van der Waals surface area contributed by atoms with E-state index >= 15 is 0 Å². The lowest BCUT2D eigenvalue weighted by Gasteiger charge is -2.38. The minimum absolute atomic E-state index is 0.0136. The van der Waals surface area contributed by atoms with Gasteiger partial charge in [0.1, 0.15) is 12.1 Å². The molecule has 0 aromatic rings. The third kappa shape index (κ3) is 3.22. The molecule has 0 aromatic carbocycles. The fourth-order valence-electron chi connectivity index (χ4n) is 2.03. The van der Waals surface area contributed by atoms with Crippen LogP contribution < -0.4 is 5.32 Å². The minimum Gasteiger partial charge on any atom is -0.343 e. The van der Waals surface area contributed by atoms with Gasteiger partial charge < -0.3 is 10.2 Å². The highest BCUT2D eigenvalue weighted by Crippen LogP contribution is 2.16. The second-order valence-electron chi connectivity index (χ2n) is 4.13. The summed E-state index contributed by atoms with van der Waals surface area (Å²) in [5.74, 6) is -0.0680. The first-order valence-electron chi connectivity index (χ1n) is 6.01. The molecule has 1 heterocycles. The quantitative estimate of drug-likeness (QED) is 0.815. The Hall–Kier alpha value is -1.03. The molecular weight excluding hydrogens is 240 g/mol. The van der Waals surface area contributed by atoms with Crippen LogP contribution in [0.3, 0.4) is 0 Å². The van der Waals surface area contributed by atoms with Crippen LogP contribution in [0.15, 0.2) is 11.6 Å². The van der Waals surface area contributed by atoms with Crippen molar-refractivity contribution in [1.29, 1.82) is 0 Å². The van der Waals surface area contributed by atoms with Gasteiger partial charge in [0.05, 0.1) is 0 Å². The molecule has 0 aromatic heterocycles.